The predicted molar refractivity (Wildman–Crippen MR) is 120 cm³/mol. The number of rotatable bonds is 7. The summed E-state index contributed by atoms with van der Waals surface area (Å²) in [5.74, 6) is 0.361. The van der Waals surface area contributed by atoms with Crippen LogP contribution < -0.4 is 10.1 Å². The van der Waals surface area contributed by atoms with Crippen LogP contribution in [-0.2, 0) is 6.54 Å². The number of carbonyl (C=O) groups is 1. The SMILES string of the molecule is COc1ccc(-c2cc(C(=O)NCc3ccccc3)n(-c3cccc([N+](=O)[O-])c3)n2)cc1. The average molecular weight is 428 g/mol. The molecule has 0 aliphatic carbocycles. The third-order valence-corrected chi connectivity index (χ3v) is 4.91. The van der Waals surface area contributed by atoms with E-state index < -0.39 is 4.92 Å². The molecule has 0 aliphatic heterocycles. The van der Waals surface area contributed by atoms with Crippen molar-refractivity contribution in [3.05, 3.63) is 106 Å². The van der Waals surface area contributed by atoms with Crippen molar-refractivity contribution in [2.45, 2.75) is 6.54 Å². The van der Waals surface area contributed by atoms with Gasteiger partial charge in [0.15, 0.2) is 0 Å². The van der Waals surface area contributed by atoms with Gasteiger partial charge in [0, 0.05) is 24.2 Å². The standard InChI is InChI=1S/C24H20N4O4/c1-32-21-12-10-18(11-13-21)22-15-23(24(29)25-16-17-6-3-2-4-7-17)27(26-22)19-8-5-9-20(14-19)28(30)31/h2-15H,16H2,1H3,(H,25,29). The molecule has 0 unspecified atom stereocenters. The summed E-state index contributed by atoms with van der Waals surface area (Å²) in [6.07, 6.45) is 0. The molecule has 1 heterocycles. The number of benzene rings is 3. The van der Waals surface area contributed by atoms with E-state index in [9.17, 15) is 14.9 Å². The molecule has 0 bridgehead atoms. The Morgan fingerprint density at radius 3 is 2.47 bits per heavy atom. The van der Waals surface area contributed by atoms with Crippen molar-refractivity contribution in [3.63, 3.8) is 0 Å². The summed E-state index contributed by atoms with van der Waals surface area (Å²) < 4.78 is 6.62. The zero-order chi connectivity index (χ0) is 22.5. The van der Waals surface area contributed by atoms with Crippen LogP contribution in [-0.4, -0.2) is 27.7 Å². The van der Waals surface area contributed by atoms with Crippen LogP contribution in [0.25, 0.3) is 16.9 Å². The summed E-state index contributed by atoms with van der Waals surface area (Å²) in [5, 5.41) is 18.7. The lowest BCUT2D eigenvalue weighted by molar-refractivity contribution is -0.384. The Labute approximate surface area is 184 Å². The van der Waals surface area contributed by atoms with Gasteiger partial charge in [0.25, 0.3) is 11.6 Å². The Morgan fingerprint density at radius 1 is 1.03 bits per heavy atom. The van der Waals surface area contributed by atoms with E-state index in [2.05, 4.69) is 10.4 Å². The van der Waals surface area contributed by atoms with Gasteiger partial charge in [-0.15, -0.1) is 0 Å². The molecule has 0 aliphatic rings. The largest absolute Gasteiger partial charge is 0.497 e. The Morgan fingerprint density at radius 2 is 1.78 bits per heavy atom. The van der Waals surface area contributed by atoms with Crippen LogP contribution in [0.2, 0.25) is 0 Å². The third-order valence-electron chi connectivity index (χ3n) is 4.91. The first-order chi connectivity index (χ1) is 15.5. The predicted octanol–water partition coefficient (Wildman–Crippen LogP) is 4.39. The maximum absolute atomic E-state index is 13.1. The van der Waals surface area contributed by atoms with Gasteiger partial charge >= 0.3 is 0 Å². The number of carbonyl (C=O) groups excluding carboxylic acids is 1. The second kappa shape index (κ2) is 9.13. The highest BCUT2D eigenvalue weighted by Crippen LogP contribution is 2.25. The highest BCUT2D eigenvalue weighted by molar-refractivity contribution is 5.94. The summed E-state index contributed by atoms with van der Waals surface area (Å²) in [6.45, 7) is 0.345. The molecule has 8 nitrogen and oxygen atoms in total. The number of nitrogens with one attached hydrogen (secondary N) is 1. The molecule has 3 aromatic carbocycles. The lowest BCUT2D eigenvalue weighted by Crippen LogP contribution is -2.25. The number of nitrogens with zero attached hydrogens (tertiary/aromatic N) is 3. The lowest BCUT2D eigenvalue weighted by Gasteiger charge is -2.08. The number of methoxy groups -OCH3 is 1. The summed E-state index contributed by atoms with van der Waals surface area (Å²) in [7, 11) is 1.58. The van der Waals surface area contributed by atoms with Crippen molar-refractivity contribution < 1.29 is 14.5 Å². The van der Waals surface area contributed by atoms with E-state index in [1.165, 1.54) is 16.8 Å². The van der Waals surface area contributed by atoms with E-state index in [1.54, 1.807) is 37.4 Å². The minimum absolute atomic E-state index is 0.0837. The zero-order valence-electron chi connectivity index (χ0n) is 17.3. The quantitative estimate of drug-likeness (QED) is 0.348. The van der Waals surface area contributed by atoms with E-state index >= 15 is 0 Å². The lowest BCUT2D eigenvalue weighted by atomic mass is 10.1. The Balaban J connectivity index is 1.72. The van der Waals surface area contributed by atoms with E-state index in [1.807, 2.05) is 42.5 Å². The van der Waals surface area contributed by atoms with Gasteiger partial charge in [0.1, 0.15) is 11.4 Å². The second-order valence-electron chi connectivity index (χ2n) is 7.00. The minimum Gasteiger partial charge on any atom is -0.497 e. The van der Waals surface area contributed by atoms with Crippen LogP contribution in [0.5, 0.6) is 5.75 Å². The molecular formula is C24H20N4O4. The molecule has 1 aromatic heterocycles. The number of non-ortho nitro benzene ring substituents is 1. The Kier molecular flexibility index (Phi) is 5.94. The van der Waals surface area contributed by atoms with Gasteiger partial charge in [-0.25, -0.2) is 4.68 Å². The maximum Gasteiger partial charge on any atom is 0.271 e. The van der Waals surface area contributed by atoms with Gasteiger partial charge in [0.05, 0.1) is 23.4 Å². The molecular weight excluding hydrogens is 408 g/mol. The molecule has 1 amide bonds. The molecule has 160 valence electrons. The summed E-state index contributed by atoms with van der Waals surface area (Å²) >= 11 is 0. The van der Waals surface area contributed by atoms with Gasteiger partial charge in [-0.1, -0.05) is 36.4 Å². The highest BCUT2D eigenvalue weighted by atomic mass is 16.6. The smallest absolute Gasteiger partial charge is 0.271 e. The van der Waals surface area contributed by atoms with E-state index in [0.29, 0.717) is 23.7 Å². The summed E-state index contributed by atoms with van der Waals surface area (Å²) in [5.41, 5.74) is 2.91. The molecule has 0 spiro atoms. The van der Waals surface area contributed by atoms with Crippen molar-refractivity contribution in [3.8, 4) is 22.7 Å². The summed E-state index contributed by atoms with van der Waals surface area (Å²) in [6, 6.07) is 24.5. The molecule has 0 saturated carbocycles. The summed E-state index contributed by atoms with van der Waals surface area (Å²) in [4.78, 5) is 23.8. The Hall–Kier alpha value is -4.46. The van der Waals surface area contributed by atoms with Crippen LogP contribution in [0.3, 0.4) is 0 Å². The Bertz CT molecular complexity index is 1250. The molecule has 32 heavy (non-hydrogen) atoms. The number of hydrogen-bond acceptors (Lipinski definition) is 5. The minimum atomic E-state index is -0.480. The van der Waals surface area contributed by atoms with Gasteiger partial charge < -0.3 is 10.1 Å². The fraction of sp³-hybridized carbons (Fsp3) is 0.0833. The molecule has 0 fully saturated rings. The van der Waals surface area contributed by atoms with Crippen LogP contribution in [0.4, 0.5) is 5.69 Å². The van der Waals surface area contributed by atoms with E-state index in [-0.39, 0.29) is 17.3 Å². The highest BCUT2D eigenvalue weighted by Gasteiger charge is 2.19. The molecule has 8 heteroatoms. The van der Waals surface area contributed by atoms with Gasteiger partial charge in [-0.05, 0) is 42.0 Å². The van der Waals surface area contributed by atoms with E-state index in [0.717, 1.165) is 11.1 Å². The maximum atomic E-state index is 13.1. The first kappa shape index (κ1) is 20.8. The molecule has 0 saturated heterocycles. The second-order valence-corrected chi connectivity index (χ2v) is 7.00. The monoisotopic (exact) mass is 428 g/mol. The van der Waals surface area contributed by atoms with Crippen molar-refractivity contribution in [1.82, 2.24) is 15.1 Å². The van der Waals surface area contributed by atoms with Gasteiger partial charge in [0.2, 0.25) is 0 Å². The van der Waals surface area contributed by atoms with E-state index in [4.69, 9.17) is 4.74 Å². The van der Waals surface area contributed by atoms with Crippen LogP contribution in [0.1, 0.15) is 16.1 Å². The van der Waals surface area contributed by atoms with Crippen LogP contribution in [0, 0.1) is 10.1 Å². The average Bonchev–Trinajstić information content (AvgIpc) is 3.29. The van der Waals surface area contributed by atoms with Crippen molar-refractivity contribution >= 4 is 11.6 Å². The third kappa shape index (κ3) is 4.49. The zero-order valence-corrected chi connectivity index (χ0v) is 17.3. The molecule has 4 rings (SSSR count). The fourth-order valence-electron chi connectivity index (χ4n) is 3.25. The van der Waals surface area contributed by atoms with Crippen LogP contribution in [0.15, 0.2) is 84.9 Å². The molecule has 0 radical (unpaired) electrons. The normalized spacial score (nSPS) is 10.5. The van der Waals surface area contributed by atoms with Crippen molar-refractivity contribution in [1.29, 1.82) is 0 Å². The number of aromatic nitrogens is 2. The molecule has 0 atom stereocenters. The number of ether oxygens (including phenoxy) is 1. The first-order valence-electron chi connectivity index (χ1n) is 9.86. The molecule has 1 N–H and O–H groups in total. The number of nitro benzene ring substituents is 1. The fourth-order valence-corrected chi connectivity index (χ4v) is 3.25. The topological polar surface area (TPSA) is 99.3 Å². The van der Waals surface area contributed by atoms with Crippen LogP contribution >= 0.6 is 0 Å². The first-order valence-corrected chi connectivity index (χ1v) is 9.86. The number of hydrogen-bond donors (Lipinski definition) is 1. The number of amides is 1. The number of nitro groups is 1. The van der Waals surface area contributed by atoms with Gasteiger partial charge in [-0.3, -0.25) is 14.9 Å². The molecule has 4 aromatic rings. The van der Waals surface area contributed by atoms with Gasteiger partial charge in [-0.2, -0.15) is 5.10 Å². The van der Waals surface area contributed by atoms with Crippen molar-refractivity contribution in [2.75, 3.05) is 7.11 Å². The van der Waals surface area contributed by atoms with Crippen molar-refractivity contribution in [2.24, 2.45) is 0 Å².